The Morgan fingerprint density at radius 3 is 2.66 bits per heavy atom. The highest BCUT2D eigenvalue weighted by molar-refractivity contribution is 6.30. The molecular weight excluding hydrogens is 386 g/mol. The Kier molecular flexibility index (Phi) is 7.07. The van der Waals surface area contributed by atoms with E-state index < -0.39 is 0 Å². The Morgan fingerprint density at radius 1 is 1.17 bits per heavy atom. The number of fused-ring (bicyclic) bond motifs is 1. The maximum atomic E-state index is 12.8. The molecule has 0 saturated heterocycles. The Bertz CT molecular complexity index is 992. The summed E-state index contributed by atoms with van der Waals surface area (Å²) in [5, 5.41) is 4.44. The first kappa shape index (κ1) is 21.1. The summed E-state index contributed by atoms with van der Waals surface area (Å²) in [4.78, 5) is 19.1. The van der Waals surface area contributed by atoms with Crippen LogP contribution in [0.25, 0.3) is 10.9 Å². The van der Waals surface area contributed by atoms with Gasteiger partial charge in [-0.05, 0) is 42.7 Å². The number of halogens is 1. The quantitative estimate of drug-likeness (QED) is 0.564. The van der Waals surface area contributed by atoms with Crippen LogP contribution in [0.4, 0.5) is 4.79 Å². The molecule has 0 atom stereocenters. The van der Waals surface area contributed by atoms with Crippen molar-refractivity contribution in [3.63, 3.8) is 0 Å². The third kappa shape index (κ3) is 5.46. The molecule has 0 aliphatic rings. The number of rotatable bonds is 7. The van der Waals surface area contributed by atoms with Gasteiger partial charge in [0.25, 0.3) is 0 Å². The highest BCUT2D eigenvalue weighted by Gasteiger charge is 2.17. The number of hydrogen-bond donors (Lipinski definition) is 1. The van der Waals surface area contributed by atoms with E-state index in [-0.39, 0.29) is 6.03 Å². The fourth-order valence-corrected chi connectivity index (χ4v) is 3.51. The van der Waals surface area contributed by atoms with E-state index in [1.807, 2.05) is 49.4 Å². The zero-order chi connectivity index (χ0) is 20.8. The summed E-state index contributed by atoms with van der Waals surface area (Å²) in [5.74, 6) is 0. The van der Waals surface area contributed by atoms with Crippen molar-refractivity contribution in [2.75, 3.05) is 20.3 Å². The van der Waals surface area contributed by atoms with Gasteiger partial charge in [-0.3, -0.25) is 0 Å². The van der Waals surface area contributed by atoms with Crippen LogP contribution in [0.15, 0.2) is 48.5 Å². The molecule has 0 unspecified atom stereocenters. The van der Waals surface area contributed by atoms with Crippen molar-refractivity contribution in [1.29, 1.82) is 0 Å². The number of hydrogen-bond acceptors (Lipinski definition) is 3. The fraction of sp³-hybridized carbons (Fsp3) is 0.304. The van der Waals surface area contributed by atoms with Gasteiger partial charge in [-0.25, -0.2) is 9.78 Å². The Hall–Kier alpha value is -2.63. The van der Waals surface area contributed by atoms with E-state index in [0.29, 0.717) is 31.4 Å². The minimum atomic E-state index is -0.164. The van der Waals surface area contributed by atoms with Crippen molar-refractivity contribution in [3.05, 3.63) is 75.9 Å². The topological polar surface area (TPSA) is 54.5 Å². The third-order valence-corrected chi connectivity index (χ3v) is 5.14. The number of nitrogens with zero attached hydrogens (tertiary/aromatic N) is 2. The van der Waals surface area contributed by atoms with Crippen LogP contribution in [0.1, 0.15) is 22.3 Å². The van der Waals surface area contributed by atoms with E-state index in [1.165, 1.54) is 0 Å². The lowest BCUT2D eigenvalue weighted by atomic mass is 10.0. The number of carbonyl (C=O) groups is 1. The van der Waals surface area contributed by atoms with Gasteiger partial charge in [-0.1, -0.05) is 48.0 Å². The van der Waals surface area contributed by atoms with Crippen molar-refractivity contribution < 1.29 is 9.53 Å². The summed E-state index contributed by atoms with van der Waals surface area (Å²) < 4.78 is 5.19. The van der Waals surface area contributed by atoms with Gasteiger partial charge in [0.2, 0.25) is 0 Å². The number of ether oxygens (including phenoxy) is 1. The molecule has 0 aliphatic heterocycles. The van der Waals surface area contributed by atoms with Crippen molar-refractivity contribution in [1.82, 2.24) is 15.2 Å². The number of amides is 2. The monoisotopic (exact) mass is 411 g/mol. The molecule has 0 fully saturated rings. The predicted molar refractivity (Wildman–Crippen MR) is 117 cm³/mol. The number of methoxy groups -OCH3 is 1. The molecular formula is C23H26ClN3O2. The second kappa shape index (κ2) is 9.72. The molecule has 0 aliphatic carbocycles. The third-order valence-electron chi connectivity index (χ3n) is 4.81. The molecule has 0 saturated carbocycles. The molecule has 3 rings (SSSR count). The molecule has 0 radical (unpaired) electrons. The molecule has 29 heavy (non-hydrogen) atoms. The highest BCUT2D eigenvalue weighted by Crippen LogP contribution is 2.25. The minimum absolute atomic E-state index is 0.164. The molecule has 1 N–H and O–H groups in total. The molecule has 152 valence electrons. The number of aromatic nitrogens is 1. The number of aryl methyl sites for hydroxylation is 2. The second-order valence-corrected chi connectivity index (χ2v) is 7.50. The Morgan fingerprint density at radius 2 is 1.93 bits per heavy atom. The van der Waals surface area contributed by atoms with Crippen molar-refractivity contribution in [2.24, 2.45) is 0 Å². The highest BCUT2D eigenvalue weighted by atomic mass is 35.5. The Labute approximate surface area is 176 Å². The van der Waals surface area contributed by atoms with E-state index in [0.717, 1.165) is 33.2 Å². The van der Waals surface area contributed by atoms with E-state index >= 15 is 0 Å². The first-order valence-electron chi connectivity index (χ1n) is 9.60. The molecule has 1 heterocycles. The van der Waals surface area contributed by atoms with Gasteiger partial charge in [-0.2, -0.15) is 0 Å². The first-order valence-corrected chi connectivity index (χ1v) is 9.97. The molecule has 2 aromatic carbocycles. The minimum Gasteiger partial charge on any atom is -0.383 e. The average Bonchev–Trinajstić information content (AvgIpc) is 2.70. The van der Waals surface area contributed by atoms with Gasteiger partial charge in [0.05, 0.1) is 18.7 Å². The maximum Gasteiger partial charge on any atom is 0.318 e. The number of carbonyl (C=O) groups excluding carboxylic acids is 1. The number of pyridine rings is 1. The van der Waals surface area contributed by atoms with Crippen LogP contribution in [0, 0.1) is 13.8 Å². The fourth-order valence-electron chi connectivity index (χ4n) is 3.30. The van der Waals surface area contributed by atoms with Crippen molar-refractivity contribution >= 4 is 28.5 Å². The van der Waals surface area contributed by atoms with Crippen LogP contribution in [0.5, 0.6) is 0 Å². The average molecular weight is 412 g/mol. The normalized spacial score (nSPS) is 10.9. The molecule has 5 nitrogen and oxygen atoms in total. The first-order chi connectivity index (χ1) is 14.0. The summed E-state index contributed by atoms with van der Waals surface area (Å²) in [7, 11) is 1.62. The zero-order valence-corrected chi connectivity index (χ0v) is 17.8. The van der Waals surface area contributed by atoms with Crippen molar-refractivity contribution in [3.8, 4) is 0 Å². The summed E-state index contributed by atoms with van der Waals surface area (Å²) in [6, 6.07) is 15.8. The second-order valence-electron chi connectivity index (χ2n) is 7.15. The lowest BCUT2D eigenvalue weighted by Crippen LogP contribution is -2.41. The molecule has 0 bridgehead atoms. The molecule has 2 amide bonds. The molecule has 0 spiro atoms. The summed E-state index contributed by atoms with van der Waals surface area (Å²) in [6.07, 6.45) is 0. The van der Waals surface area contributed by atoms with Crippen LogP contribution < -0.4 is 5.32 Å². The van der Waals surface area contributed by atoms with Crippen LogP contribution in [0.2, 0.25) is 5.15 Å². The van der Waals surface area contributed by atoms with Gasteiger partial charge in [-0.15, -0.1) is 0 Å². The Balaban J connectivity index is 1.80. The van der Waals surface area contributed by atoms with Crippen LogP contribution in [-0.2, 0) is 17.8 Å². The van der Waals surface area contributed by atoms with Crippen LogP contribution >= 0.6 is 11.6 Å². The van der Waals surface area contributed by atoms with E-state index in [4.69, 9.17) is 16.3 Å². The van der Waals surface area contributed by atoms with E-state index in [1.54, 1.807) is 12.0 Å². The van der Waals surface area contributed by atoms with Gasteiger partial charge in [0.15, 0.2) is 0 Å². The number of nitrogens with one attached hydrogen (secondary N) is 1. The summed E-state index contributed by atoms with van der Waals surface area (Å²) >= 11 is 6.46. The zero-order valence-electron chi connectivity index (χ0n) is 17.0. The van der Waals surface area contributed by atoms with Crippen LogP contribution in [0.3, 0.4) is 0 Å². The van der Waals surface area contributed by atoms with E-state index in [2.05, 4.69) is 23.3 Å². The summed E-state index contributed by atoms with van der Waals surface area (Å²) in [5.41, 5.74) is 5.02. The largest absolute Gasteiger partial charge is 0.383 e. The lowest BCUT2D eigenvalue weighted by molar-refractivity contribution is 0.146. The van der Waals surface area contributed by atoms with Gasteiger partial charge >= 0.3 is 6.03 Å². The lowest BCUT2D eigenvalue weighted by Gasteiger charge is -2.23. The molecule has 3 aromatic rings. The molecule has 1 aromatic heterocycles. The van der Waals surface area contributed by atoms with Crippen molar-refractivity contribution in [2.45, 2.75) is 26.9 Å². The van der Waals surface area contributed by atoms with Gasteiger partial charge in [0, 0.05) is 31.1 Å². The van der Waals surface area contributed by atoms with Gasteiger partial charge in [0.1, 0.15) is 5.15 Å². The SMILES string of the molecule is COCCN(Cc1cc2c(C)cc(C)cc2nc1Cl)C(=O)NCc1ccccc1. The van der Waals surface area contributed by atoms with Gasteiger partial charge < -0.3 is 15.0 Å². The number of urea groups is 1. The standard InChI is InChI=1S/C23H26ClN3O2/c1-16-11-17(2)20-13-19(22(24)26-21(20)12-16)15-27(9-10-29-3)23(28)25-14-18-7-5-4-6-8-18/h4-8,11-13H,9-10,14-15H2,1-3H3,(H,25,28). The maximum absolute atomic E-state index is 12.8. The number of benzene rings is 2. The smallest absolute Gasteiger partial charge is 0.318 e. The predicted octanol–water partition coefficient (Wildman–Crippen LogP) is 4.86. The summed E-state index contributed by atoms with van der Waals surface area (Å²) in [6.45, 7) is 5.82. The van der Waals surface area contributed by atoms with E-state index in [9.17, 15) is 4.79 Å². The van der Waals surface area contributed by atoms with Crippen LogP contribution in [-0.4, -0.2) is 36.2 Å². The molecule has 6 heteroatoms.